The highest BCUT2D eigenvalue weighted by molar-refractivity contribution is 7.89. The number of carbonyl (C=O) groups excluding carboxylic acids is 1. The molecule has 90 valence electrons. The molecule has 0 spiro atoms. The SMILES string of the molecule is COCCNC(=O)CNS(=O)(=O)CCO. The van der Waals surface area contributed by atoms with Crippen LogP contribution in [-0.2, 0) is 19.6 Å². The molecule has 0 unspecified atom stereocenters. The van der Waals surface area contributed by atoms with E-state index in [4.69, 9.17) is 5.11 Å². The molecule has 0 aromatic carbocycles. The second-order valence-corrected chi connectivity index (χ2v) is 4.63. The molecule has 15 heavy (non-hydrogen) atoms. The third-order valence-electron chi connectivity index (χ3n) is 1.44. The summed E-state index contributed by atoms with van der Waals surface area (Å²) in [7, 11) is -2.05. The molecule has 0 heterocycles. The Kier molecular flexibility index (Phi) is 7.22. The largest absolute Gasteiger partial charge is 0.395 e. The van der Waals surface area contributed by atoms with Crippen molar-refractivity contribution in [2.75, 3.05) is 39.2 Å². The van der Waals surface area contributed by atoms with Gasteiger partial charge < -0.3 is 15.2 Å². The Morgan fingerprint density at radius 1 is 1.47 bits per heavy atom. The van der Waals surface area contributed by atoms with Crippen LogP contribution in [0.2, 0.25) is 0 Å². The Balaban J connectivity index is 3.71. The van der Waals surface area contributed by atoms with Crippen LogP contribution in [-0.4, -0.2) is 58.6 Å². The number of ether oxygens (including phenoxy) is 1. The number of aliphatic hydroxyl groups excluding tert-OH is 1. The third-order valence-corrected chi connectivity index (χ3v) is 2.75. The van der Waals surface area contributed by atoms with Crippen LogP contribution in [0.15, 0.2) is 0 Å². The Hall–Kier alpha value is -0.700. The molecule has 0 bridgehead atoms. The van der Waals surface area contributed by atoms with Gasteiger partial charge in [0.25, 0.3) is 0 Å². The number of carbonyl (C=O) groups is 1. The van der Waals surface area contributed by atoms with Gasteiger partial charge in [0.05, 0.1) is 25.5 Å². The average Bonchev–Trinajstić information content (AvgIpc) is 2.15. The molecule has 0 aliphatic rings. The molecule has 8 heteroatoms. The number of methoxy groups -OCH3 is 1. The quantitative estimate of drug-likeness (QED) is 0.412. The monoisotopic (exact) mass is 240 g/mol. The van der Waals surface area contributed by atoms with Crippen molar-refractivity contribution in [3.63, 3.8) is 0 Å². The summed E-state index contributed by atoms with van der Waals surface area (Å²) >= 11 is 0. The van der Waals surface area contributed by atoms with E-state index in [-0.39, 0.29) is 6.54 Å². The van der Waals surface area contributed by atoms with E-state index in [9.17, 15) is 13.2 Å². The first-order chi connectivity index (χ1) is 7.02. The van der Waals surface area contributed by atoms with Gasteiger partial charge in [0.2, 0.25) is 15.9 Å². The molecular formula is C7H16N2O5S. The third kappa shape index (κ3) is 8.30. The molecule has 0 aliphatic heterocycles. The highest BCUT2D eigenvalue weighted by atomic mass is 32.2. The van der Waals surface area contributed by atoms with E-state index >= 15 is 0 Å². The fraction of sp³-hybridized carbons (Fsp3) is 0.857. The Labute approximate surface area is 88.9 Å². The number of aliphatic hydroxyl groups is 1. The van der Waals surface area contributed by atoms with Gasteiger partial charge in [-0.05, 0) is 0 Å². The van der Waals surface area contributed by atoms with Gasteiger partial charge in [-0.3, -0.25) is 4.79 Å². The highest BCUT2D eigenvalue weighted by Gasteiger charge is 2.10. The van der Waals surface area contributed by atoms with Gasteiger partial charge in [-0.1, -0.05) is 0 Å². The maximum Gasteiger partial charge on any atom is 0.235 e. The van der Waals surface area contributed by atoms with E-state index in [1.54, 1.807) is 0 Å². The second kappa shape index (κ2) is 7.57. The lowest BCUT2D eigenvalue weighted by Gasteiger charge is -2.06. The van der Waals surface area contributed by atoms with E-state index in [0.717, 1.165) is 0 Å². The van der Waals surface area contributed by atoms with Gasteiger partial charge in [-0.2, -0.15) is 0 Å². The minimum absolute atomic E-state index is 0.327. The average molecular weight is 240 g/mol. The van der Waals surface area contributed by atoms with E-state index < -0.39 is 28.3 Å². The number of hydrogen-bond donors (Lipinski definition) is 3. The standard InChI is InChI=1S/C7H16N2O5S/c1-14-4-2-8-7(11)6-9-15(12,13)5-3-10/h9-10H,2-6H2,1H3,(H,8,11). The van der Waals surface area contributed by atoms with Crippen molar-refractivity contribution in [1.82, 2.24) is 10.0 Å². The Morgan fingerprint density at radius 2 is 2.13 bits per heavy atom. The van der Waals surface area contributed by atoms with Crippen molar-refractivity contribution in [3.05, 3.63) is 0 Å². The summed E-state index contributed by atoms with van der Waals surface area (Å²) in [5.41, 5.74) is 0. The Bertz CT molecular complexity index is 277. The fourth-order valence-corrected chi connectivity index (χ4v) is 1.46. The van der Waals surface area contributed by atoms with Crippen molar-refractivity contribution in [3.8, 4) is 0 Å². The first-order valence-electron chi connectivity index (χ1n) is 4.35. The maximum atomic E-state index is 11.0. The smallest absolute Gasteiger partial charge is 0.235 e. The molecule has 0 saturated carbocycles. The molecule has 7 nitrogen and oxygen atoms in total. The van der Waals surface area contributed by atoms with Crippen LogP contribution >= 0.6 is 0 Å². The van der Waals surface area contributed by atoms with Gasteiger partial charge in [0.1, 0.15) is 0 Å². The summed E-state index contributed by atoms with van der Waals surface area (Å²) in [6, 6.07) is 0. The number of rotatable bonds is 8. The van der Waals surface area contributed by atoms with Gasteiger partial charge in [0.15, 0.2) is 0 Å². The molecule has 0 fully saturated rings. The summed E-state index contributed by atoms with van der Waals surface area (Å²) < 4.78 is 28.7. The van der Waals surface area contributed by atoms with E-state index in [2.05, 4.69) is 10.1 Å². The molecule has 0 aromatic rings. The van der Waals surface area contributed by atoms with Crippen LogP contribution in [0.4, 0.5) is 0 Å². The van der Waals surface area contributed by atoms with Crippen molar-refractivity contribution < 1.29 is 23.1 Å². The first-order valence-corrected chi connectivity index (χ1v) is 6.01. The first kappa shape index (κ1) is 14.3. The zero-order chi connectivity index (χ0) is 11.7. The molecule has 0 atom stereocenters. The lowest BCUT2D eigenvalue weighted by molar-refractivity contribution is -0.120. The molecule has 0 radical (unpaired) electrons. The summed E-state index contributed by atoms with van der Waals surface area (Å²) in [6.45, 7) is -0.0983. The van der Waals surface area contributed by atoms with Crippen LogP contribution < -0.4 is 10.0 Å². The number of nitrogens with one attached hydrogen (secondary N) is 2. The minimum atomic E-state index is -3.55. The molecule has 3 N–H and O–H groups in total. The fourth-order valence-electron chi connectivity index (χ4n) is 0.723. The zero-order valence-corrected chi connectivity index (χ0v) is 9.34. The van der Waals surface area contributed by atoms with Crippen molar-refractivity contribution >= 4 is 15.9 Å². The predicted molar refractivity (Wildman–Crippen MR) is 53.8 cm³/mol. The predicted octanol–water partition coefficient (Wildman–Crippen LogP) is -2.34. The minimum Gasteiger partial charge on any atom is -0.395 e. The van der Waals surface area contributed by atoms with Crippen LogP contribution in [0.1, 0.15) is 0 Å². The normalized spacial score (nSPS) is 11.3. The van der Waals surface area contributed by atoms with Crippen molar-refractivity contribution in [1.29, 1.82) is 0 Å². The molecule has 0 aromatic heterocycles. The van der Waals surface area contributed by atoms with Gasteiger partial charge >= 0.3 is 0 Å². The summed E-state index contributed by atoms with van der Waals surface area (Å²) in [5.74, 6) is -0.841. The molecular weight excluding hydrogens is 224 g/mol. The van der Waals surface area contributed by atoms with Gasteiger partial charge in [0, 0.05) is 13.7 Å². The van der Waals surface area contributed by atoms with Crippen LogP contribution in [0.3, 0.4) is 0 Å². The lowest BCUT2D eigenvalue weighted by Crippen LogP contribution is -2.39. The molecule has 0 saturated heterocycles. The number of sulfonamides is 1. The number of hydrogen-bond acceptors (Lipinski definition) is 5. The van der Waals surface area contributed by atoms with Crippen molar-refractivity contribution in [2.45, 2.75) is 0 Å². The lowest BCUT2D eigenvalue weighted by atomic mass is 10.6. The van der Waals surface area contributed by atoms with Crippen LogP contribution in [0, 0.1) is 0 Å². The highest BCUT2D eigenvalue weighted by Crippen LogP contribution is 1.81. The molecule has 0 aliphatic carbocycles. The summed E-state index contributed by atoms with van der Waals surface area (Å²) in [5, 5.41) is 10.8. The zero-order valence-electron chi connectivity index (χ0n) is 8.52. The number of amides is 1. The van der Waals surface area contributed by atoms with E-state index in [1.807, 2.05) is 4.72 Å². The van der Waals surface area contributed by atoms with Gasteiger partial charge in [-0.25, -0.2) is 13.1 Å². The maximum absolute atomic E-state index is 11.0. The summed E-state index contributed by atoms with van der Waals surface area (Å²) in [4.78, 5) is 11.0. The van der Waals surface area contributed by atoms with E-state index in [0.29, 0.717) is 13.2 Å². The van der Waals surface area contributed by atoms with Crippen LogP contribution in [0.5, 0.6) is 0 Å². The topological polar surface area (TPSA) is 105 Å². The van der Waals surface area contributed by atoms with E-state index in [1.165, 1.54) is 7.11 Å². The summed E-state index contributed by atoms with van der Waals surface area (Å²) in [6.07, 6.45) is 0. The second-order valence-electron chi connectivity index (χ2n) is 2.71. The molecule has 0 rings (SSSR count). The van der Waals surface area contributed by atoms with Crippen LogP contribution in [0.25, 0.3) is 0 Å². The van der Waals surface area contributed by atoms with Gasteiger partial charge in [-0.15, -0.1) is 0 Å². The Morgan fingerprint density at radius 3 is 2.67 bits per heavy atom. The molecule has 1 amide bonds. The van der Waals surface area contributed by atoms with Crippen molar-refractivity contribution in [2.24, 2.45) is 0 Å².